The number of nitrogen functional groups attached to an aromatic ring is 2. The van der Waals surface area contributed by atoms with Gasteiger partial charge in [-0.25, -0.2) is 17.6 Å². The lowest BCUT2D eigenvalue weighted by molar-refractivity contribution is 0.147. The molecular formula is C26H20F4N2O2. The summed E-state index contributed by atoms with van der Waals surface area (Å²) in [5.41, 5.74) is 12.7. The van der Waals surface area contributed by atoms with E-state index in [0.29, 0.717) is 11.5 Å². The summed E-state index contributed by atoms with van der Waals surface area (Å²) in [7, 11) is 0. The summed E-state index contributed by atoms with van der Waals surface area (Å²) in [5.74, 6) is 0.838. The summed E-state index contributed by atoms with van der Waals surface area (Å²) < 4.78 is 64.3. The van der Waals surface area contributed by atoms with Crippen molar-refractivity contribution in [2.75, 3.05) is 11.5 Å². The van der Waals surface area contributed by atoms with Crippen molar-refractivity contribution < 1.29 is 27.0 Å². The van der Waals surface area contributed by atoms with Crippen LogP contribution in [0.3, 0.4) is 0 Å². The molecule has 0 saturated heterocycles. The van der Waals surface area contributed by atoms with E-state index >= 15 is 0 Å². The molecule has 0 bridgehead atoms. The third-order valence-corrected chi connectivity index (χ3v) is 5.04. The average molecular weight is 468 g/mol. The van der Waals surface area contributed by atoms with Crippen LogP contribution in [0.15, 0.2) is 84.9 Å². The van der Waals surface area contributed by atoms with Crippen LogP contribution in [0, 0.1) is 0 Å². The van der Waals surface area contributed by atoms with Crippen molar-refractivity contribution in [2.24, 2.45) is 0 Å². The largest absolute Gasteiger partial charge is 0.457 e. The smallest absolute Gasteiger partial charge is 0.267 e. The zero-order valence-electron chi connectivity index (χ0n) is 17.7. The summed E-state index contributed by atoms with van der Waals surface area (Å²) in [6.07, 6.45) is -5.44. The zero-order chi connectivity index (χ0) is 24.2. The van der Waals surface area contributed by atoms with Gasteiger partial charge in [-0.1, -0.05) is 24.3 Å². The molecule has 0 aromatic heterocycles. The summed E-state index contributed by atoms with van der Waals surface area (Å²) in [6.45, 7) is 0. The number of anilines is 2. The van der Waals surface area contributed by atoms with E-state index in [2.05, 4.69) is 0 Å². The molecule has 0 aliphatic carbocycles. The van der Waals surface area contributed by atoms with Gasteiger partial charge in [0, 0.05) is 11.4 Å². The van der Waals surface area contributed by atoms with Crippen LogP contribution in [-0.2, 0) is 0 Å². The maximum absolute atomic E-state index is 13.3. The molecule has 174 valence electrons. The summed E-state index contributed by atoms with van der Waals surface area (Å²) in [4.78, 5) is 0. The first-order valence-corrected chi connectivity index (χ1v) is 10.2. The third kappa shape index (κ3) is 5.23. The molecule has 0 saturated carbocycles. The highest BCUT2D eigenvalue weighted by Crippen LogP contribution is 2.36. The van der Waals surface area contributed by atoms with E-state index in [1.807, 2.05) is 0 Å². The van der Waals surface area contributed by atoms with E-state index < -0.39 is 12.9 Å². The van der Waals surface area contributed by atoms with Gasteiger partial charge in [-0.2, -0.15) is 0 Å². The molecule has 4 aromatic rings. The second-order valence-corrected chi connectivity index (χ2v) is 7.45. The molecule has 0 unspecified atom stereocenters. The second kappa shape index (κ2) is 9.74. The Morgan fingerprint density at radius 3 is 1.18 bits per heavy atom. The molecule has 0 fully saturated rings. The van der Waals surface area contributed by atoms with Gasteiger partial charge in [0.2, 0.25) is 0 Å². The number of alkyl halides is 4. The molecule has 4 N–H and O–H groups in total. The molecule has 0 radical (unpaired) electrons. The lowest BCUT2D eigenvalue weighted by atomic mass is 10.1. The highest BCUT2D eigenvalue weighted by atomic mass is 19.3. The topological polar surface area (TPSA) is 70.5 Å². The summed E-state index contributed by atoms with van der Waals surface area (Å²) in [6, 6.07) is 21.9. The highest BCUT2D eigenvalue weighted by molar-refractivity contribution is 5.65. The van der Waals surface area contributed by atoms with Gasteiger partial charge in [0.25, 0.3) is 12.9 Å². The van der Waals surface area contributed by atoms with Gasteiger partial charge in [0.1, 0.15) is 23.0 Å². The first-order valence-electron chi connectivity index (χ1n) is 10.2. The van der Waals surface area contributed by atoms with E-state index in [-0.39, 0.29) is 34.0 Å². The predicted octanol–water partition coefficient (Wildman–Crippen LogP) is 7.98. The van der Waals surface area contributed by atoms with Crippen LogP contribution in [0.2, 0.25) is 0 Å². The van der Waals surface area contributed by atoms with Gasteiger partial charge < -0.3 is 20.9 Å². The highest BCUT2D eigenvalue weighted by Gasteiger charge is 2.16. The van der Waals surface area contributed by atoms with E-state index in [4.69, 9.17) is 20.9 Å². The molecule has 34 heavy (non-hydrogen) atoms. The Morgan fingerprint density at radius 1 is 0.500 bits per heavy atom. The standard InChI is InChI=1S/C26H20F4N2O2/c27-25(28)21-13-17(31)5-11-23(21)33-19-7-1-15(2-8-19)16-3-9-20(10-4-16)34-24-12-6-18(32)14-22(24)26(29)30/h1-14,25-26H,31-32H2. The lowest BCUT2D eigenvalue weighted by Gasteiger charge is -2.13. The summed E-state index contributed by atoms with van der Waals surface area (Å²) >= 11 is 0. The molecule has 8 heteroatoms. The van der Waals surface area contributed by atoms with Crippen LogP contribution in [0.4, 0.5) is 28.9 Å². The Kier molecular flexibility index (Phi) is 6.58. The lowest BCUT2D eigenvalue weighted by Crippen LogP contribution is -1.95. The van der Waals surface area contributed by atoms with Gasteiger partial charge >= 0.3 is 0 Å². The fraction of sp³-hybridized carbons (Fsp3) is 0.0769. The number of benzene rings is 4. The minimum Gasteiger partial charge on any atom is -0.457 e. The van der Waals surface area contributed by atoms with E-state index in [1.54, 1.807) is 48.5 Å². The molecule has 0 aliphatic heterocycles. The normalized spacial score (nSPS) is 11.1. The van der Waals surface area contributed by atoms with E-state index in [9.17, 15) is 17.6 Å². The van der Waals surface area contributed by atoms with Crippen LogP contribution in [0.5, 0.6) is 23.0 Å². The number of halogens is 4. The van der Waals surface area contributed by atoms with Crippen molar-refractivity contribution in [3.05, 3.63) is 96.1 Å². The Bertz CT molecular complexity index is 1180. The Balaban J connectivity index is 1.48. The quantitative estimate of drug-likeness (QED) is 0.213. The number of hydrogen-bond donors (Lipinski definition) is 2. The molecule has 4 rings (SSSR count). The molecular weight excluding hydrogens is 448 g/mol. The van der Waals surface area contributed by atoms with Crippen molar-refractivity contribution >= 4 is 11.4 Å². The Morgan fingerprint density at radius 2 is 0.853 bits per heavy atom. The minimum absolute atomic E-state index is 0.0317. The molecule has 4 aromatic carbocycles. The minimum atomic E-state index is -2.72. The number of rotatable bonds is 7. The van der Waals surface area contributed by atoms with Gasteiger partial charge in [-0.3, -0.25) is 0 Å². The van der Waals surface area contributed by atoms with Crippen LogP contribution in [-0.4, -0.2) is 0 Å². The van der Waals surface area contributed by atoms with E-state index in [1.165, 1.54) is 36.4 Å². The van der Waals surface area contributed by atoms with Crippen molar-refractivity contribution in [3.8, 4) is 34.1 Å². The molecule has 4 nitrogen and oxygen atoms in total. The van der Waals surface area contributed by atoms with Gasteiger partial charge in [-0.05, 0) is 71.8 Å². The Labute approximate surface area is 193 Å². The third-order valence-electron chi connectivity index (χ3n) is 5.04. The van der Waals surface area contributed by atoms with Crippen molar-refractivity contribution in [1.82, 2.24) is 0 Å². The number of nitrogens with two attached hydrogens (primary N) is 2. The molecule has 0 aliphatic rings. The van der Waals surface area contributed by atoms with Crippen LogP contribution in [0.25, 0.3) is 11.1 Å². The van der Waals surface area contributed by atoms with Crippen molar-refractivity contribution in [1.29, 1.82) is 0 Å². The van der Waals surface area contributed by atoms with Crippen LogP contribution >= 0.6 is 0 Å². The first-order chi connectivity index (χ1) is 16.3. The fourth-order valence-corrected chi connectivity index (χ4v) is 3.35. The average Bonchev–Trinajstić information content (AvgIpc) is 2.82. The van der Waals surface area contributed by atoms with Crippen molar-refractivity contribution in [3.63, 3.8) is 0 Å². The predicted molar refractivity (Wildman–Crippen MR) is 124 cm³/mol. The maximum Gasteiger partial charge on any atom is 0.267 e. The molecule has 0 amide bonds. The Hall–Kier alpha value is -4.20. The monoisotopic (exact) mass is 468 g/mol. The van der Waals surface area contributed by atoms with Gasteiger partial charge in [-0.15, -0.1) is 0 Å². The SMILES string of the molecule is Nc1ccc(Oc2ccc(-c3ccc(Oc4ccc(N)cc4C(F)F)cc3)cc2)c(C(F)F)c1. The van der Waals surface area contributed by atoms with Crippen molar-refractivity contribution in [2.45, 2.75) is 12.9 Å². The number of hydrogen-bond acceptors (Lipinski definition) is 4. The van der Waals surface area contributed by atoms with Gasteiger partial charge in [0.05, 0.1) is 11.1 Å². The second-order valence-electron chi connectivity index (χ2n) is 7.45. The van der Waals surface area contributed by atoms with E-state index in [0.717, 1.165) is 11.1 Å². The van der Waals surface area contributed by atoms with Gasteiger partial charge in [0.15, 0.2) is 0 Å². The first kappa shape index (κ1) is 23.0. The molecule has 0 atom stereocenters. The fourth-order valence-electron chi connectivity index (χ4n) is 3.35. The summed E-state index contributed by atoms with van der Waals surface area (Å²) in [5, 5.41) is 0. The van der Waals surface area contributed by atoms with Crippen LogP contribution in [0.1, 0.15) is 24.0 Å². The molecule has 0 heterocycles. The molecule has 0 spiro atoms. The zero-order valence-corrected chi connectivity index (χ0v) is 17.7. The maximum atomic E-state index is 13.3. The van der Waals surface area contributed by atoms with Crippen LogP contribution < -0.4 is 20.9 Å². The number of ether oxygens (including phenoxy) is 2.